The molecule has 1 N–H and O–H groups in total. The first kappa shape index (κ1) is 21.3. The van der Waals surface area contributed by atoms with Crippen LogP contribution in [-0.2, 0) is 32.7 Å². The third-order valence-electron chi connectivity index (χ3n) is 4.54. The van der Waals surface area contributed by atoms with E-state index in [1.54, 1.807) is 0 Å². The monoisotopic (exact) mass is 475 g/mol. The fraction of sp³-hybridized carbons (Fsp3) is 0.316. The van der Waals surface area contributed by atoms with Gasteiger partial charge < -0.3 is 14.2 Å². The minimum absolute atomic E-state index is 0.00218. The summed E-state index contributed by atoms with van der Waals surface area (Å²) in [6.07, 6.45) is 1.48. The summed E-state index contributed by atoms with van der Waals surface area (Å²) in [5, 5.41) is -0.182. The largest absolute Gasteiger partial charge is 0.467 e. The van der Waals surface area contributed by atoms with E-state index in [4.69, 9.17) is 37.4 Å². The summed E-state index contributed by atoms with van der Waals surface area (Å²) in [6, 6.07) is 4.57. The average Bonchev–Trinajstić information content (AvgIpc) is 3.48. The van der Waals surface area contributed by atoms with Crippen molar-refractivity contribution in [2.45, 2.75) is 37.0 Å². The van der Waals surface area contributed by atoms with Crippen molar-refractivity contribution in [3.8, 4) is 5.75 Å². The summed E-state index contributed by atoms with van der Waals surface area (Å²) in [6.45, 7) is -0.135. The number of nitrogens with one attached hydrogen (secondary N) is 1. The summed E-state index contributed by atoms with van der Waals surface area (Å²) < 4.78 is 57.1. The molecule has 0 spiro atoms. The van der Waals surface area contributed by atoms with E-state index in [9.17, 15) is 17.6 Å². The quantitative estimate of drug-likeness (QED) is 0.638. The number of rotatable bonds is 6. The SMILES string of the molecule is O=C(OCc1cc(F)cc2c1OCOC2)c1cc(S(=O)(=O)NC2CC2)c(Cl)cc1Cl. The molecule has 0 saturated heterocycles. The molecule has 0 bridgehead atoms. The third-order valence-corrected chi connectivity index (χ3v) is 6.84. The van der Waals surface area contributed by atoms with E-state index in [1.807, 2.05) is 0 Å². The molecule has 0 atom stereocenters. The second kappa shape index (κ2) is 8.32. The van der Waals surface area contributed by atoms with Crippen molar-refractivity contribution in [3.05, 3.63) is 56.8 Å². The number of esters is 1. The molecule has 0 unspecified atom stereocenters. The highest BCUT2D eigenvalue weighted by molar-refractivity contribution is 7.89. The summed E-state index contributed by atoms with van der Waals surface area (Å²) in [5.74, 6) is -1.03. The number of hydrogen-bond acceptors (Lipinski definition) is 6. The number of halogens is 3. The van der Waals surface area contributed by atoms with Crippen LogP contribution in [0.25, 0.3) is 0 Å². The van der Waals surface area contributed by atoms with E-state index >= 15 is 0 Å². The van der Waals surface area contributed by atoms with E-state index in [2.05, 4.69) is 4.72 Å². The fourth-order valence-corrected chi connectivity index (χ4v) is 5.12. The number of benzene rings is 2. The minimum atomic E-state index is -3.92. The molecule has 1 aliphatic heterocycles. The zero-order chi connectivity index (χ0) is 21.5. The van der Waals surface area contributed by atoms with Crippen LogP contribution >= 0.6 is 23.2 Å². The first-order valence-corrected chi connectivity index (χ1v) is 11.2. The Bertz CT molecular complexity index is 1120. The van der Waals surface area contributed by atoms with E-state index < -0.39 is 21.8 Å². The number of sulfonamides is 1. The van der Waals surface area contributed by atoms with E-state index in [1.165, 1.54) is 18.2 Å². The number of carbonyl (C=O) groups excluding carboxylic acids is 1. The lowest BCUT2D eigenvalue weighted by molar-refractivity contribution is -0.0182. The molecule has 0 radical (unpaired) electrons. The summed E-state index contributed by atoms with van der Waals surface area (Å²) in [5.41, 5.74) is 0.637. The fourth-order valence-electron chi connectivity index (χ4n) is 2.96. The van der Waals surface area contributed by atoms with Crippen LogP contribution in [0.4, 0.5) is 4.39 Å². The van der Waals surface area contributed by atoms with Gasteiger partial charge in [-0.3, -0.25) is 0 Å². The molecule has 0 amide bonds. The van der Waals surface area contributed by atoms with Crippen molar-refractivity contribution >= 4 is 39.2 Å². The van der Waals surface area contributed by atoms with Crippen molar-refractivity contribution in [3.63, 3.8) is 0 Å². The molecule has 1 fully saturated rings. The van der Waals surface area contributed by atoms with Gasteiger partial charge in [0.1, 0.15) is 23.1 Å². The highest BCUT2D eigenvalue weighted by Gasteiger charge is 2.30. The van der Waals surface area contributed by atoms with Crippen LogP contribution in [0.3, 0.4) is 0 Å². The molecule has 2 aromatic carbocycles. The Morgan fingerprint density at radius 3 is 2.70 bits per heavy atom. The predicted molar refractivity (Wildman–Crippen MR) is 106 cm³/mol. The van der Waals surface area contributed by atoms with Crippen molar-refractivity contribution in [2.24, 2.45) is 0 Å². The second-order valence-electron chi connectivity index (χ2n) is 6.90. The van der Waals surface area contributed by atoms with E-state index in [0.29, 0.717) is 16.9 Å². The molecule has 2 aromatic rings. The van der Waals surface area contributed by atoms with Crippen molar-refractivity contribution in [1.29, 1.82) is 0 Å². The van der Waals surface area contributed by atoms with Crippen LogP contribution in [0.1, 0.15) is 34.3 Å². The molecular formula is C19H16Cl2FNO6S. The van der Waals surface area contributed by atoms with Gasteiger partial charge in [-0.15, -0.1) is 0 Å². The Balaban J connectivity index is 1.57. The van der Waals surface area contributed by atoms with Crippen molar-refractivity contribution in [2.75, 3.05) is 6.79 Å². The zero-order valence-corrected chi connectivity index (χ0v) is 17.7. The first-order chi connectivity index (χ1) is 14.2. The van der Waals surface area contributed by atoms with Gasteiger partial charge in [0.15, 0.2) is 6.79 Å². The second-order valence-corrected chi connectivity index (χ2v) is 9.39. The maximum Gasteiger partial charge on any atom is 0.340 e. The molecule has 1 saturated carbocycles. The Hall–Kier alpha value is -1.91. The third kappa shape index (κ3) is 4.55. The van der Waals surface area contributed by atoms with Gasteiger partial charge in [-0.05, 0) is 37.1 Å². The summed E-state index contributed by atoms with van der Waals surface area (Å²) in [7, 11) is -3.92. The van der Waals surface area contributed by atoms with E-state index in [0.717, 1.165) is 18.9 Å². The smallest absolute Gasteiger partial charge is 0.340 e. The van der Waals surface area contributed by atoms with Crippen LogP contribution in [-0.4, -0.2) is 27.2 Å². The lowest BCUT2D eigenvalue weighted by Crippen LogP contribution is -2.26. The van der Waals surface area contributed by atoms with Crippen LogP contribution in [0.15, 0.2) is 29.2 Å². The molecule has 1 aliphatic carbocycles. The standard InChI is InChI=1S/C19H16Cl2FNO6S/c20-15-6-16(21)17(30(25,26)23-13-1-2-13)5-14(15)19(24)28-8-11-4-12(22)3-10-7-27-9-29-18(10)11/h3-6,13,23H,1-2,7-9H2. The number of carbonyl (C=O) groups is 1. The Morgan fingerprint density at radius 1 is 1.20 bits per heavy atom. The molecule has 7 nitrogen and oxygen atoms in total. The van der Waals surface area contributed by atoms with Crippen LogP contribution < -0.4 is 9.46 Å². The maximum absolute atomic E-state index is 13.8. The molecule has 4 rings (SSSR count). The Morgan fingerprint density at radius 2 is 1.97 bits per heavy atom. The van der Waals surface area contributed by atoms with E-state index in [-0.39, 0.29) is 46.6 Å². The molecule has 2 aliphatic rings. The molecule has 30 heavy (non-hydrogen) atoms. The Labute approximate surface area is 182 Å². The van der Waals surface area contributed by atoms with Gasteiger partial charge in [-0.1, -0.05) is 23.2 Å². The molecule has 0 aromatic heterocycles. The Kier molecular flexibility index (Phi) is 5.91. The molecule has 160 valence electrons. The van der Waals surface area contributed by atoms with Crippen LogP contribution in [0, 0.1) is 5.82 Å². The van der Waals surface area contributed by atoms with Gasteiger partial charge in [0.25, 0.3) is 0 Å². The number of hydrogen-bond donors (Lipinski definition) is 1. The van der Waals surface area contributed by atoms with Crippen molar-refractivity contribution in [1.82, 2.24) is 4.72 Å². The van der Waals surface area contributed by atoms with Gasteiger partial charge >= 0.3 is 5.97 Å². The maximum atomic E-state index is 13.8. The number of fused-ring (bicyclic) bond motifs is 1. The lowest BCUT2D eigenvalue weighted by atomic mass is 10.1. The van der Waals surface area contributed by atoms with Gasteiger partial charge in [-0.2, -0.15) is 0 Å². The van der Waals surface area contributed by atoms with Gasteiger partial charge in [0, 0.05) is 17.2 Å². The lowest BCUT2D eigenvalue weighted by Gasteiger charge is -2.20. The first-order valence-electron chi connectivity index (χ1n) is 8.95. The zero-order valence-electron chi connectivity index (χ0n) is 15.4. The molecule has 11 heteroatoms. The van der Waals surface area contributed by atoms with Crippen LogP contribution in [0.5, 0.6) is 5.75 Å². The van der Waals surface area contributed by atoms with Gasteiger partial charge in [0.2, 0.25) is 10.0 Å². The highest BCUT2D eigenvalue weighted by Crippen LogP contribution is 2.33. The predicted octanol–water partition coefficient (Wildman–Crippen LogP) is 3.80. The number of ether oxygens (including phenoxy) is 3. The van der Waals surface area contributed by atoms with Gasteiger partial charge in [-0.25, -0.2) is 22.3 Å². The topological polar surface area (TPSA) is 90.9 Å². The summed E-state index contributed by atoms with van der Waals surface area (Å²) in [4.78, 5) is 12.3. The molecule has 1 heterocycles. The summed E-state index contributed by atoms with van der Waals surface area (Å²) >= 11 is 12.1. The van der Waals surface area contributed by atoms with Crippen LogP contribution in [0.2, 0.25) is 10.0 Å². The average molecular weight is 476 g/mol. The minimum Gasteiger partial charge on any atom is -0.467 e. The van der Waals surface area contributed by atoms with Gasteiger partial charge in [0.05, 0.1) is 22.2 Å². The normalized spacial score (nSPS) is 16.0. The highest BCUT2D eigenvalue weighted by atomic mass is 35.5. The molecular weight excluding hydrogens is 460 g/mol. The van der Waals surface area contributed by atoms with Crippen molar-refractivity contribution < 1.29 is 31.8 Å².